The van der Waals surface area contributed by atoms with E-state index in [1.54, 1.807) is 24.1 Å². The summed E-state index contributed by atoms with van der Waals surface area (Å²) < 4.78 is 1.08. The molecular weight excluding hydrogens is 319 g/mol. The number of amides is 1. The van der Waals surface area contributed by atoms with E-state index in [2.05, 4.69) is 22.6 Å². The molecule has 0 bridgehead atoms. The third-order valence-corrected chi connectivity index (χ3v) is 2.72. The highest BCUT2D eigenvalue weighted by atomic mass is 127. The maximum absolute atomic E-state index is 11.8. The van der Waals surface area contributed by atoms with E-state index in [-0.39, 0.29) is 18.9 Å². The summed E-state index contributed by atoms with van der Waals surface area (Å²) in [6, 6.07) is 7.31. The molecule has 0 aliphatic heterocycles. The summed E-state index contributed by atoms with van der Waals surface area (Å²) in [5.74, 6) is -0.446. The number of ketones is 1. The summed E-state index contributed by atoms with van der Waals surface area (Å²) in [5.41, 5.74) is 5.68. The van der Waals surface area contributed by atoms with Gasteiger partial charge in [0.2, 0.25) is 5.91 Å². The number of nitrogens with two attached hydrogens (primary N) is 1. The van der Waals surface area contributed by atoms with Gasteiger partial charge in [-0.05, 0) is 41.8 Å². The predicted molar refractivity (Wildman–Crippen MR) is 70.2 cm³/mol. The normalized spacial score (nSPS) is 10.4. The number of hydrogen-bond acceptors (Lipinski definition) is 3. The second kappa shape index (κ2) is 5.95. The van der Waals surface area contributed by atoms with Gasteiger partial charge in [0.25, 0.3) is 0 Å². The molecule has 86 valence electrons. The van der Waals surface area contributed by atoms with Crippen molar-refractivity contribution < 1.29 is 9.59 Å². The maximum atomic E-state index is 11.8. The molecule has 0 spiro atoms. The Morgan fingerprint density at radius 3 is 2.31 bits per heavy atom. The van der Waals surface area contributed by atoms with Crippen LogP contribution in [0.4, 0.5) is 0 Å². The van der Waals surface area contributed by atoms with Gasteiger partial charge < -0.3 is 5.73 Å². The van der Waals surface area contributed by atoms with E-state index < -0.39 is 5.91 Å². The number of carbonyl (C=O) groups excluding carboxylic acids is 2. The van der Waals surface area contributed by atoms with Gasteiger partial charge >= 0.3 is 0 Å². The van der Waals surface area contributed by atoms with E-state index in [1.807, 2.05) is 12.1 Å². The first-order valence-electron chi connectivity index (χ1n) is 4.74. The second-order valence-corrected chi connectivity index (χ2v) is 4.81. The number of benzene rings is 1. The summed E-state index contributed by atoms with van der Waals surface area (Å²) in [6.07, 6.45) is 0. The maximum Gasteiger partial charge on any atom is 0.231 e. The molecule has 0 aliphatic rings. The van der Waals surface area contributed by atoms with Crippen LogP contribution < -0.4 is 5.73 Å². The smallest absolute Gasteiger partial charge is 0.231 e. The van der Waals surface area contributed by atoms with Gasteiger partial charge in [-0.2, -0.15) is 0 Å². The van der Waals surface area contributed by atoms with Crippen LogP contribution in [0, 0.1) is 3.57 Å². The molecule has 16 heavy (non-hydrogen) atoms. The number of primary amides is 1. The molecule has 0 aliphatic carbocycles. The molecule has 0 saturated heterocycles. The number of Topliss-reactive ketones (excluding diaryl/α,β-unsaturated/α-hetero) is 1. The van der Waals surface area contributed by atoms with Crippen molar-refractivity contribution in [2.45, 2.75) is 0 Å². The van der Waals surface area contributed by atoms with E-state index in [0.29, 0.717) is 5.56 Å². The number of halogens is 1. The fourth-order valence-electron chi connectivity index (χ4n) is 1.29. The summed E-state index contributed by atoms with van der Waals surface area (Å²) in [4.78, 5) is 24.0. The van der Waals surface area contributed by atoms with Crippen molar-refractivity contribution in [2.75, 3.05) is 20.1 Å². The lowest BCUT2D eigenvalue weighted by molar-refractivity contribution is -0.118. The number of nitrogens with zero attached hydrogens (tertiary/aromatic N) is 1. The highest BCUT2D eigenvalue weighted by Crippen LogP contribution is 2.07. The minimum Gasteiger partial charge on any atom is -0.369 e. The topological polar surface area (TPSA) is 63.4 Å². The Morgan fingerprint density at radius 2 is 1.81 bits per heavy atom. The van der Waals surface area contributed by atoms with E-state index in [4.69, 9.17) is 5.73 Å². The van der Waals surface area contributed by atoms with Crippen molar-refractivity contribution in [3.63, 3.8) is 0 Å². The quantitative estimate of drug-likeness (QED) is 0.643. The van der Waals surface area contributed by atoms with Crippen LogP contribution in [0.3, 0.4) is 0 Å². The molecule has 0 saturated carbocycles. The van der Waals surface area contributed by atoms with Crippen LogP contribution in [-0.4, -0.2) is 36.7 Å². The van der Waals surface area contributed by atoms with Gasteiger partial charge in [0.1, 0.15) is 0 Å². The lowest BCUT2D eigenvalue weighted by Gasteiger charge is -2.13. The van der Waals surface area contributed by atoms with Crippen molar-refractivity contribution in [3.8, 4) is 0 Å². The lowest BCUT2D eigenvalue weighted by atomic mass is 10.1. The second-order valence-electron chi connectivity index (χ2n) is 3.57. The molecule has 0 atom stereocenters. The molecule has 1 aromatic rings. The van der Waals surface area contributed by atoms with Gasteiger partial charge in [-0.3, -0.25) is 14.5 Å². The fourth-order valence-corrected chi connectivity index (χ4v) is 1.65. The Bertz CT molecular complexity index is 389. The Hall–Kier alpha value is -0.950. The molecule has 0 fully saturated rings. The highest BCUT2D eigenvalue weighted by molar-refractivity contribution is 14.1. The van der Waals surface area contributed by atoms with Gasteiger partial charge in [-0.25, -0.2) is 0 Å². The molecule has 0 heterocycles. The van der Waals surface area contributed by atoms with Crippen molar-refractivity contribution in [2.24, 2.45) is 5.73 Å². The third kappa shape index (κ3) is 4.28. The number of likely N-dealkylation sites (N-methyl/N-ethyl adjacent to an activating group) is 1. The first kappa shape index (κ1) is 13.1. The van der Waals surface area contributed by atoms with Crippen LogP contribution >= 0.6 is 22.6 Å². The molecule has 0 unspecified atom stereocenters. The third-order valence-electron chi connectivity index (χ3n) is 2.01. The predicted octanol–water partition coefficient (Wildman–Crippen LogP) is 0.891. The fraction of sp³-hybridized carbons (Fsp3) is 0.273. The Labute approximate surface area is 108 Å². The summed E-state index contributed by atoms with van der Waals surface area (Å²) >= 11 is 2.18. The van der Waals surface area contributed by atoms with Crippen LogP contribution in [0.25, 0.3) is 0 Å². The summed E-state index contributed by atoms with van der Waals surface area (Å²) in [7, 11) is 1.69. The van der Waals surface area contributed by atoms with Crippen molar-refractivity contribution in [1.29, 1.82) is 0 Å². The van der Waals surface area contributed by atoms with Crippen LogP contribution in [0.2, 0.25) is 0 Å². The summed E-state index contributed by atoms with van der Waals surface area (Å²) in [6.45, 7) is 0.291. The first-order chi connectivity index (χ1) is 7.49. The Balaban J connectivity index is 2.58. The van der Waals surface area contributed by atoms with Gasteiger partial charge in [0.05, 0.1) is 13.1 Å². The largest absolute Gasteiger partial charge is 0.369 e. The van der Waals surface area contributed by atoms with Crippen molar-refractivity contribution in [1.82, 2.24) is 4.90 Å². The molecule has 4 nitrogen and oxygen atoms in total. The number of hydrogen-bond donors (Lipinski definition) is 1. The van der Waals surface area contributed by atoms with Gasteiger partial charge in [0.15, 0.2) is 5.78 Å². The van der Waals surface area contributed by atoms with E-state index in [9.17, 15) is 9.59 Å². The average molecular weight is 332 g/mol. The molecule has 1 amide bonds. The number of rotatable bonds is 5. The molecule has 2 N–H and O–H groups in total. The Kier molecular flexibility index (Phi) is 4.88. The molecule has 1 rings (SSSR count). The van der Waals surface area contributed by atoms with Gasteiger partial charge in [-0.1, -0.05) is 12.1 Å². The van der Waals surface area contributed by atoms with Crippen LogP contribution in [0.1, 0.15) is 10.4 Å². The van der Waals surface area contributed by atoms with E-state index in [0.717, 1.165) is 3.57 Å². The minimum absolute atomic E-state index is 0.0137. The standard InChI is InChI=1S/C11H13IN2O2/c1-14(7-11(13)16)6-10(15)8-2-4-9(12)5-3-8/h2-5H,6-7H2,1H3,(H2,13,16). The molecule has 5 heteroatoms. The zero-order valence-corrected chi connectivity index (χ0v) is 11.1. The zero-order chi connectivity index (χ0) is 12.1. The van der Waals surface area contributed by atoms with Gasteiger partial charge in [-0.15, -0.1) is 0 Å². The van der Waals surface area contributed by atoms with Crippen LogP contribution in [0.15, 0.2) is 24.3 Å². The zero-order valence-electron chi connectivity index (χ0n) is 8.94. The first-order valence-corrected chi connectivity index (χ1v) is 5.82. The molecule has 0 aromatic heterocycles. The average Bonchev–Trinajstić information content (AvgIpc) is 2.16. The van der Waals surface area contributed by atoms with E-state index >= 15 is 0 Å². The van der Waals surface area contributed by atoms with Gasteiger partial charge in [0, 0.05) is 9.13 Å². The molecule has 1 aromatic carbocycles. The number of carbonyl (C=O) groups is 2. The monoisotopic (exact) mass is 332 g/mol. The van der Waals surface area contributed by atoms with Crippen LogP contribution in [-0.2, 0) is 4.79 Å². The molecular formula is C11H13IN2O2. The SMILES string of the molecule is CN(CC(N)=O)CC(=O)c1ccc(I)cc1. The van der Waals surface area contributed by atoms with E-state index in [1.165, 1.54) is 0 Å². The summed E-state index contributed by atoms with van der Waals surface area (Å²) in [5, 5.41) is 0. The molecule has 0 radical (unpaired) electrons. The highest BCUT2D eigenvalue weighted by Gasteiger charge is 2.10. The van der Waals surface area contributed by atoms with Crippen molar-refractivity contribution in [3.05, 3.63) is 33.4 Å². The minimum atomic E-state index is -0.432. The lowest BCUT2D eigenvalue weighted by Crippen LogP contribution is -2.34. The van der Waals surface area contributed by atoms with Crippen LogP contribution in [0.5, 0.6) is 0 Å². The van der Waals surface area contributed by atoms with Crippen molar-refractivity contribution >= 4 is 34.3 Å². The Morgan fingerprint density at radius 1 is 1.25 bits per heavy atom.